The third kappa shape index (κ3) is 4.43. The molecule has 33 heavy (non-hydrogen) atoms. The lowest BCUT2D eigenvalue weighted by Gasteiger charge is -2.28. The largest absolute Gasteiger partial charge is 0.480 e. The number of nitrogens with one attached hydrogen (secondary N) is 1. The highest BCUT2D eigenvalue weighted by Gasteiger charge is 2.41. The number of amides is 2. The topological polar surface area (TPSA) is 116 Å². The highest BCUT2D eigenvalue weighted by Crippen LogP contribution is 2.44. The lowest BCUT2D eigenvalue weighted by Crippen LogP contribution is -2.49. The fourth-order valence-electron chi connectivity index (χ4n) is 4.72. The van der Waals surface area contributed by atoms with E-state index in [4.69, 9.17) is 4.74 Å². The van der Waals surface area contributed by atoms with E-state index < -0.39 is 42.1 Å². The van der Waals surface area contributed by atoms with Gasteiger partial charge in [-0.3, -0.25) is 4.79 Å². The quantitative estimate of drug-likeness (QED) is 0.620. The van der Waals surface area contributed by atoms with Gasteiger partial charge in [0.1, 0.15) is 12.6 Å². The number of aliphatic hydroxyl groups excluding tert-OH is 1. The van der Waals surface area contributed by atoms with Crippen LogP contribution in [0.25, 0.3) is 11.1 Å². The van der Waals surface area contributed by atoms with Crippen LogP contribution in [-0.4, -0.2) is 64.4 Å². The first-order valence-electron chi connectivity index (χ1n) is 11.1. The molecule has 174 valence electrons. The minimum Gasteiger partial charge on any atom is -0.480 e. The SMILES string of the molecule is CC(NC(=O)OCC1c2ccccc2-c2ccccc21)C(C)C(=O)N1C[C@H](O)C[C@H]1C(=O)O. The van der Waals surface area contributed by atoms with Crippen LogP contribution in [-0.2, 0) is 14.3 Å². The van der Waals surface area contributed by atoms with Gasteiger partial charge in [-0.25, -0.2) is 9.59 Å². The van der Waals surface area contributed by atoms with Crippen LogP contribution in [0.3, 0.4) is 0 Å². The number of benzene rings is 2. The number of carboxylic acid groups (broad SMARTS) is 1. The first-order chi connectivity index (χ1) is 15.8. The number of rotatable bonds is 6. The number of carbonyl (C=O) groups is 3. The number of aliphatic carboxylic acids is 1. The Labute approximate surface area is 192 Å². The lowest BCUT2D eigenvalue weighted by atomic mass is 9.98. The van der Waals surface area contributed by atoms with E-state index in [1.54, 1.807) is 13.8 Å². The first-order valence-corrected chi connectivity index (χ1v) is 11.1. The highest BCUT2D eigenvalue weighted by atomic mass is 16.5. The van der Waals surface area contributed by atoms with Crippen molar-refractivity contribution in [2.45, 2.75) is 44.4 Å². The van der Waals surface area contributed by atoms with Crippen molar-refractivity contribution in [2.75, 3.05) is 13.2 Å². The minimum absolute atomic E-state index is 0.00197. The molecule has 4 rings (SSSR count). The zero-order valence-corrected chi connectivity index (χ0v) is 18.6. The summed E-state index contributed by atoms with van der Waals surface area (Å²) in [5, 5.41) is 21.8. The number of fused-ring (bicyclic) bond motifs is 3. The molecule has 2 aromatic carbocycles. The molecule has 0 aromatic heterocycles. The second kappa shape index (κ2) is 9.23. The molecule has 2 aromatic rings. The van der Waals surface area contributed by atoms with E-state index in [-0.39, 0.29) is 25.5 Å². The maximum absolute atomic E-state index is 12.8. The van der Waals surface area contributed by atoms with Gasteiger partial charge in [-0.15, -0.1) is 0 Å². The van der Waals surface area contributed by atoms with Crippen LogP contribution in [0.5, 0.6) is 0 Å². The van der Waals surface area contributed by atoms with Gasteiger partial charge in [0.2, 0.25) is 5.91 Å². The summed E-state index contributed by atoms with van der Waals surface area (Å²) in [6.45, 7) is 3.43. The molecule has 0 spiro atoms. The average molecular weight is 453 g/mol. The summed E-state index contributed by atoms with van der Waals surface area (Å²) < 4.78 is 5.53. The van der Waals surface area contributed by atoms with Gasteiger partial charge >= 0.3 is 12.1 Å². The van der Waals surface area contributed by atoms with Crippen LogP contribution in [0.4, 0.5) is 4.79 Å². The summed E-state index contributed by atoms with van der Waals surface area (Å²) in [7, 11) is 0. The number of carbonyl (C=O) groups excluding carboxylic acids is 2. The molecule has 2 aliphatic rings. The van der Waals surface area contributed by atoms with Crippen molar-refractivity contribution >= 4 is 18.0 Å². The van der Waals surface area contributed by atoms with Gasteiger partial charge in [0.25, 0.3) is 0 Å². The smallest absolute Gasteiger partial charge is 0.407 e. The van der Waals surface area contributed by atoms with Crippen molar-refractivity contribution in [3.63, 3.8) is 0 Å². The van der Waals surface area contributed by atoms with E-state index in [0.29, 0.717) is 0 Å². The third-order valence-electron chi connectivity index (χ3n) is 6.68. The molecule has 8 nitrogen and oxygen atoms in total. The predicted octanol–water partition coefficient (Wildman–Crippen LogP) is 2.60. The standard InChI is InChI=1S/C25H28N2O6/c1-14(23(29)27-12-16(28)11-22(27)24(30)31)15(2)26-25(32)33-13-21-19-9-5-3-7-17(19)18-8-4-6-10-20(18)21/h3-10,14-16,21-22,28H,11-13H2,1-2H3,(H,26,32)(H,30,31)/t14?,15?,16-,22+/m1/s1. The van der Waals surface area contributed by atoms with Crippen molar-refractivity contribution in [1.82, 2.24) is 10.2 Å². The van der Waals surface area contributed by atoms with Crippen molar-refractivity contribution in [3.8, 4) is 11.1 Å². The highest BCUT2D eigenvalue weighted by molar-refractivity contribution is 5.86. The summed E-state index contributed by atoms with van der Waals surface area (Å²) in [5.41, 5.74) is 4.48. The van der Waals surface area contributed by atoms with Gasteiger partial charge < -0.3 is 25.2 Å². The van der Waals surface area contributed by atoms with Crippen molar-refractivity contribution in [1.29, 1.82) is 0 Å². The molecule has 4 atom stereocenters. The molecule has 1 aliphatic heterocycles. The number of hydrogen-bond acceptors (Lipinski definition) is 5. The number of likely N-dealkylation sites (tertiary alicyclic amines) is 1. The zero-order valence-electron chi connectivity index (χ0n) is 18.6. The van der Waals surface area contributed by atoms with Crippen LogP contribution in [0, 0.1) is 5.92 Å². The molecule has 0 radical (unpaired) electrons. The summed E-state index contributed by atoms with van der Waals surface area (Å²) in [6, 6.07) is 14.4. The molecule has 1 heterocycles. The van der Waals surface area contributed by atoms with E-state index in [1.807, 2.05) is 36.4 Å². The van der Waals surface area contributed by atoms with E-state index in [1.165, 1.54) is 4.90 Å². The van der Waals surface area contributed by atoms with Gasteiger partial charge in [0.05, 0.1) is 12.0 Å². The van der Waals surface area contributed by atoms with Gasteiger partial charge in [-0.05, 0) is 29.2 Å². The Morgan fingerprint density at radius 3 is 2.21 bits per heavy atom. The van der Waals surface area contributed by atoms with Gasteiger partial charge in [0.15, 0.2) is 0 Å². The van der Waals surface area contributed by atoms with Crippen LogP contribution in [0.1, 0.15) is 37.3 Å². The normalized spacial score (nSPS) is 21.1. The van der Waals surface area contributed by atoms with Crippen LogP contribution >= 0.6 is 0 Å². The predicted molar refractivity (Wildman–Crippen MR) is 121 cm³/mol. The van der Waals surface area contributed by atoms with Crippen molar-refractivity contribution in [2.24, 2.45) is 5.92 Å². The third-order valence-corrected chi connectivity index (χ3v) is 6.68. The monoisotopic (exact) mass is 452 g/mol. The minimum atomic E-state index is -1.15. The summed E-state index contributed by atoms with van der Waals surface area (Å²) >= 11 is 0. The molecule has 0 bridgehead atoms. The average Bonchev–Trinajstić information content (AvgIpc) is 3.35. The molecule has 8 heteroatoms. The van der Waals surface area contributed by atoms with Gasteiger partial charge in [-0.1, -0.05) is 55.5 Å². The van der Waals surface area contributed by atoms with Crippen LogP contribution in [0.15, 0.2) is 48.5 Å². The van der Waals surface area contributed by atoms with Crippen molar-refractivity contribution in [3.05, 3.63) is 59.7 Å². The fraction of sp³-hybridized carbons (Fsp3) is 0.400. The Morgan fingerprint density at radius 2 is 1.64 bits per heavy atom. The lowest BCUT2D eigenvalue weighted by molar-refractivity contribution is -0.150. The molecular formula is C25H28N2O6. The second-order valence-corrected chi connectivity index (χ2v) is 8.78. The molecule has 1 saturated heterocycles. The number of aliphatic hydroxyl groups is 1. The number of hydrogen-bond donors (Lipinski definition) is 3. The Kier molecular flexibility index (Phi) is 6.37. The summed E-state index contributed by atoms with van der Waals surface area (Å²) in [5.74, 6) is -2.33. The summed E-state index contributed by atoms with van der Waals surface area (Å²) in [6.07, 6.45) is -1.50. The Morgan fingerprint density at radius 1 is 1.06 bits per heavy atom. The number of ether oxygens (including phenoxy) is 1. The van der Waals surface area contributed by atoms with Crippen LogP contribution < -0.4 is 5.32 Å². The fourth-order valence-corrected chi connectivity index (χ4v) is 4.72. The van der Waals surface area contributed by atoms with Gasteiger partial charge in [0, 0.05) is 24.9 Å². The first kappa shape index (κ1) is 22.8. The number of alkyl carbamates (subject to hydrolysis) is 1. The number of nitrogens with zero attached hydrogens (tertiary/aromatic N) is 1. The second-order valence-electron chi connectivity index (χ2n) is 8.78. The van der Waals surface area contributed by atoms with E-state index >= 15 is 0 Å². The van der Waals surface area contributed by atoms with E-state index in [2.05, 4.69) is 17.4 Å². The number of β-amino-alcohol motifs (C(OH)–C–C–N with tert-alkyl or cyclic N) is 1. The zero-order chi connectivity index (χ0) is 23.7. The maximum Gasteiger partial charge on any atom is 0.407 e. The maximum atomic E-state index is 12.8. The molecular weight excluding hydrogens is 424 g/mol. The van der Waals surface area contributed by atoms with Crippen LogP contribution in [0.2, 0.25) is 0 Å². The molecule has 3 N–H and O–H groups in total. The Balaban J connectivity index is 1.36. The Bertz CT molecular complexity index is 1020. The van der Waals surface area contributed by atoms with Crippen molar-refractivity contribution < 1.29 is 29.3 Å². The number of carboxylic acids is 1. The Hall–Kier alpha value is -3.39. The van der Waals surface area contributed by atoms with E-state index in [9.17, 15) is 24.6 Å². The molecule has 0 saturated carbocycles. The molecule has 1 fully saturated rings. The molecule has 2 amide bonds. The van der Waals surface area contributed by atoms with Gasteiger partial charge in [-0.2, -0.15) is 0 Å². The summed E-state index contributed by atoms with van der Waals surface area (Å²) in [4.78, 5) is 37.9. The molecule has 1 aliphatic carbocycles. The molecule has 2 unspecified atom stereocenters. The van der Waals surface area contributed by atoms with E-state index in [0.717, 1.165) is 22.3 Å².